The first-order chi connectivity index (χ1) is 14.5. The first-order valence-corrected chi connectivity index (χ1v) is 12.3. The van der Waals surface area contributed by atoms with Gasteiger partial charge in [-0.25, -0.2) is 4.79 Å². The highest BCUT2D eigenvalue weighted by Gasteiger charge is 2.49. The van der Waals surface area contributed by atoms with Gasteiger partial charge in [-0.15, -0.1) is 0 Å². The number of benzene rings is 1. The van der Waals surface area contributed by atoms with Gasteiger partial charge in [-0.3, -0.25) is 4.57 Å². The highest BCUT2D eigenvalue weighted by atomic mass is 31.2. The van der Waals surface area contributed by atoms with Gasteiger partial charge in [0.05, 0.1) is 13.2 Å². The van der Waals surface area contributed by atoms with E-state index in [9.17, 15) is 9.36 Å². The normalized spacial score (nSPS) is 22.7. The van der Waals surface area contributed by atoms with Gasteiger partial charge in [0.25, 0.3) is 0 Å². The molecule has 0 radical (unpaired) electrons. The van der Waals surface area contributed by atoms with Crippen molar-refractivity contribution < 1.29 is 27.9 Å². The Balaban J connectivity index is 1.81. The topological polar surface area (TPSA) is 71.1 Å². The van der Waals surface area contributed by atoms with Crippen molar-refractivity contribution in [2.24, 2.45) is 10.8 Å². The maximum absolute atomic E-state index is 13.8. The molecule has 2 aliphatic rings. The molecule has 0 N–H and O–H groups in total. The number of carbonyl (C=O) groups excluding carboxylic acids is 1. The lowest BCUT2D eigenvalue weighted by atomic mass is 9.81. The van der Waals surface area contributed by atoms with Gasteiger partial charge in [-0.1, -0.05) is 58.1 Å². The third-order valence-corrected chi connectivity index (χ3v) is 7.40. The molecular formula is C24H33O6P. The molecule has 1 fully saturated rings. The van der Waals surface area contributed by atoms with Crippen LogP contribution in [0.15, 0.2) is 48.1 Å². The number of esters is 1. The third kappa shape index (κ3) is 6.09. The standard InChI is InChI=1S/C24H33O6P/c1-18-10-9-11-19(14-18)27-15-21(25)30-22(20-12-7-6-8-13-24(20,4)5)31(26)28-16-23(2,3)17-29-31/h6,8-12,14,22H,7,13,15-17H2,1-5H3. The number of hydrogen-bond donors (Lipinski definition) is 0. The average molecular weight is 448 g/mol. The van der Waals surface area contributed by atoms with Crippen LogP contribution in [-0.2, 0) is 23.1 Å². The van der Waals surface area contributed by atoms with Gasteiger partial charge >= 0.3 is 13.6 Å². The Kier molecular flexibility index (Phi) is 7.14. The predicted octanol–water partition coefficient (Wildman–Crippen LogP) is 5.81. The summed E-state index contributed by atoms with van der Waals surface area (Å²) < 4.78 is 36.6. The number of aryl methyl sites for hydroxylation is 1. The number of rotatable bonds is 6. The summed E-state index contributed by atoms with van der Waals surface area (Å²) in [7, 11) is -3.72. The monoisotopic (exact) mass is 448 g/mol. The summed E-state index contributed by atoms with van der Waals surface area (Å²) in [5.74, 6) is -1.15. The van der Waals surface area contributed by atoms with Crippen molar-refractivity contribution in [3.05, 3.63) is 53.6 Å². The zero-order chi connectivity index (χ0) is 22.7. The molecule has 1 unspecified atom stereocenters. The van der Waals surface area contributed by atoms with Crippen molar-refractivity contribution in [3.63, 3.8) is 0 Å². The van der Waals surface area contributed by atoms with E-state index in [-0.39, 0.29) is 30.7 Å². The average Bonchev–Trinajstić information content (AvgIpc) is 2.87. The summed E-state index contributed by atoms with van der Waals surface area (Å²) in [4.78, 5) is 12.7. The van der Waals surface area contributed by atoms with Crippen molar-refractivity contribution in [2.45, 2.75) is 53.3 Å². The molecule has 0 spiro atoms. The smallest absolute Gasteiger partial charge is 0.375 e. The van der Waals surface area contributed by atoms with E-state index in [0.717, 1.165) is 17.6 Å². The van der Waals surface area contributed by atoms with Gasteiger partial charge in [0.1, 0.15) is 5.75 Å². The number of hydrogen-bond acceptors (Lipinski definition) is 6. The molecule has 0 amide bonds. The summed E-state index contributed by atoms with van der Waals surface area (Å²) in [5.41, 5.74) is 1.15. The van der Waals surface area contributed by atoms with Crippen molar-refractivity contribution in [3.8, 4) is 5.75 Å². The van der Waals surface area contributed by atoms with Crippen LogP contribution in [0.4, 0.5) is 0 Å². The fraction of sp³-hybridized carbons (Fsp3) is 0.542. The summed E-state index contributed by atoms with van der Waals surface area (Å²) >= 11 is 0. The summed E-state index contributed by atoms with van der Waals surface area (Å²) in [6.07, 6.45) is 7.51. The maximum Gasteiger partial charge on any atom is 0.375 e. The lowest BCUT2D eigenvalue weighted by Crippen LogP contribution is -2.37. The molecule has 1 atom stereocenters. The lowest BCUT2D eigenvalue weighted by molar-refractivity contribution is -0.148. The molecule has 6 nitrogen and oxygen atoms in total. The van der Waals surface area contributed by atoms with Gasteiger partial charge < -0.3 is 18.5 Å². The van der Waals surface area contributed by atoms with Crippen molar-refractivity contribution >= 4 is 13.6 Å². The van der Waals surface area contributed by atoms with E-state index in [0.29, 0.717) is 12.2 Å². The number of allylic oxidation sites excluding steroid dienone is 3. The second-order valence-corrected chi connectivity index (χ2v) is 11.7. The van der Waals surface area contributed by atoms with Gasteiger partial charge in [-0.2, -0.15) is 0 Å². The maximum atomic E-state index is 13.8. The Morgan fingerprint density at radius 3 is 2.55 bits per heavy atom. The first-order valence-electron chi connectivity index (χ1n) is 10.6. The molecule has 1 aliphatic carbocycles. The molecule has 1 saturated heterocycles. The molecule has 3 rings (SSSR count). The Morgan fingerprint density at radius 1 is 1.16 bits per heavy atom. The van der Waals surface area contributed by atoms with Crippen LogP contribution in [0, 0.1) is 17.8 Å². The number of carbonyl (C=O) groups is 1. The Bertz CT molecular complexity index is 900. The van der Waals surface area contributed by atoms with E-state index >= 15 is 0 Å². The van der Waals surface area contributed by atoms with E-state index in [1.54, 1.807) is 6.07 Å². The fourth-order valence-electron chi connectivity index (χ4n) is 3.55. The van der Waals surface area contributed by atoms with Gasteiger partial charge in [-0.05, 0) is 48.4 Å². The molecule has 7 heteroatoms. The molecule has 0 aromatic heterocycles. The molecule has 1 aliphatic heterocycles. The minimum atomic E-state index is -3.72. The van der Waals surface area contributed by atoms with Crippen LogP contribution >= 0.6 is 7.60 Å². The summed E-state index contributed by atoms with van der Waals surface area (Å²) in [6, 6.07) is 7.41. The highest BCUT2D eigenvalue weighted by molar-refractivity contribution is 7.54. The second kappa shape index (κ2) is 9.32. The zero-order valence-corrected chi connectivity index (χ0v) is 19.9. The van der Waals surface area contributed by atoms with Crippen LogP contribution in [0.25, 0.3) is 0 Å². The van der Waals surface area contributed by atoms with Crippen molar-refractivity contribution in [1.29, 1.82) is 0 Å². The SMILES string of the molecule is Cc1cccc(OCC(=O)OC(C2=CCC=CCC2(C)C)P2(=O)OCC(C)(C)CO2)c1. The van der Waals surface area contributed by atoms with Gasteiger partial charge in [0.15, 0.2) is 6.61 Å². The van der Waals surface area contributed by atoms with Crippen molar-refractivity contribution in [2.75, 3.05) is 19.8 Å². The fourth-order valence-corrected chi connectivity index (χ4v) is 5.99. The summed E-state index contributed by atoms with van der Waals surface area (Å²) in [5, 5.41) is 0. The molecule has 0 bridgehead atoms. The van der Waals surface area contributed by atoms with Crippen LogP contribution < -0.4 is 4.74 Å². The summed E-state index contributed by atoms with van der Waals surface area (Å²) in [6.45, 7) is 10.2. The minimum Gasteiger partial charge on any atom is -0.482 e. The molecular weight excluding hydrogens is 415 g/mol. The first kappa shape index (κ1) is 23.8. The van der Waals surface area contributed by atoms with E-state index in [2.05, 4.69) is 12.2 Å². The van der Waals surface area contributed by atoms with Crippen LogP contribution in [0.1, 0.15) is 46.1 Å². The van der Waals surface area contributed by atoms with Crippen LogP contribution in [0.5, 0.6) is 5.75 Å². The minimum absolute atomic E-state index is 0.258. The van der Waals surface area contributed by atoms with Crippen LogP contribution in [0.2, 0.25) is 0 Å². The number of ether oxygens (including phenoxy) is 2. The molecule has 1 aromatic carbocycles. The molecule has 170 valence electrons. The van der Waals surface area contributed by atoms with Gasteiger partial charge in [0.2, 0.25) is 5.85 Å². The van der Waals surface area contributed by atoms with E-state index in [4.69, 9.17) is 18.5 Å². The zero-order valence-electron chi connectivity index (χ0n) is 19.1. The van der Waals surface area contributed by atoms with E-state index in [1.807, 2.05) is 58.9 Å². The molecule has 1 heterocycles. The quantitative estimate of drug-likeness (QED) is 0.311. The van der Waals surface area contributed by atoms with Gasteiger partial charge in [0, 0.05) is 5.41 Å². The Labute approximate surface area is 185 Å². The lowest BCUT2D eigenvalue weighted by Gasteiger charge is -2.40. The molecule has 0 saturated carbocycles. The van der Waals surface area contributed by atoms with E-state index < -0.39 is 19.4 Å². The van der Waals surface area contributed by atoms with E-state index in [1.165, 1.54) is 0 Å². The third-order valence-electron chi connectivity index (χ3n) is 5.46. The highest BCUT2D eigenvalue weighted by Crippen LogP contribution is 2.62. The van der Waals surface area contributed by atoms with Crippen LogP contribution in [-0.4, -0.2) is 31.6 Å². The molecule has 31 heavy (non-hydrogen) atoms. The largest absolute Gasteiger partial charge is 0.482 e. The van der Waals surface area contributed by atoms with Crippen LogP contribution in [0.3, 0.4) is 0 Å². The molecule has 1 aromatic rings. The van der Waals surface area contributed by atoms with Crippen molar-refractivity contribution in [1.82, 2.24) is 0 Å². The Hall–Kier alpha value is -1.88. The Morgan fingerprint density at radius 2 is 1.87 bits per heavy atom. The predicted molar refractivity (Wildman–Crippen MR) is 120 cm³/mol. The second-order valence-electron chi connectivity index (χ2n) is 9.65.